The normalized spacial score (nSPS) is 12.5. The van der Waals surface area contributed by atoms with Crippen molar-refractivity contribution in [2.24, 2.45) is 0 Å². The molecule has 25 heavy (non-hydrogen) atoms. The van der Waals surface area contributed by atoms with E-state index >= 15 is 0 Å². The van der Waals surface area contributed by atoms with Crippen LogP contribution in [0.3, 0.4) is 0 Å². The van der Waals surface area contributed by atoms with E-state index in [4.69, 9.17) is 4.74 Å². The largest absolute Gasteiger partial charge is 0.484 e. The highest BCUT2D eigenvalue weighted by molar-refractivity contribution is 5.92. The van der Waals surface area contributed by atoms with E-state index in [-0.39, 0.29) is 18.3 Å². The van der Waals surface area contributed by atoms with Crippen LogP contribution in [0.5, 0.6) is 5.75 Å². The van der Waals surface area contributed by atoms with Crippen molar-refractivity contribution in [3.63, 3.8) is 0 Å². The van der Waals surface area contributed by atoms with Gasteiger partial charge in [0.2, 0.25) is 0 Å². The van der Waals surface area contributed by atoms with Gasteiger partial charge in [-0.15, -0.1) is 0 Å². The van der Waals surface area contributed by atoms with Gasteiger partial charge in [0.25, 0.3) is 5.91 Å². The standard InChI is InChI=1S/C19H20F3NO2/c1-3-13(2)16-9-4-5-10-17(16)23-18(24)12-25-15-8-6-7-14(11-15)19(20,21)22/h4-11,13H,3,12H2,1-2H3,(H,23,24)/t13-/m0/s1. The maximum atomic E-state index is 12.7. The Morgan fingerprint density at radius 1 is 1.16 bits per heavy atom. The summed E-state index contributed by atoms with van der Waals surface area (Å²) in [5.41, 5.74) is 0.888. The number of ether oxygens (including phenoxy) is 1. The van der Waals surface area contributed by atoms with Gasteiger partial charge in [0.05, 0.1) is 5.56 Å². The second-order valence-corrected chi connectivity index (χ2v) is 5.76. The van der Waals surface area contributed by atoms with Gasteiger partial charge in [-0.3, -0.25) is 4.79 Å². The summed E-state index contributed by atoms with van der Waals surface area (Å²) in [7, 11) is 0. The molecule has 0 fully saturated rings. The zero-order valence-electron chi connectivity index (χ0n) is 14.1. The number of benzene rings is 2. The second-order valence-electron chi connectivity index (χ2n) is 5.76. The van der Waals surface area contributed by atoms with Gasteiger partial charge in [-0.05, 0) is 42.2 Å². The van der Waals surface area contributed by atoms with Gasteiger partial charge in [0.1, 0.15) is 5.75 Å². The molecule has 0 aliphatic carbocycles. The van der Waals surface area contributed by atoms with Gasteiger partial charge < -0.3 is 10.1 Å². The van der Waals surface area contributed by atoms with E-state index in [1.54, 1.807) is 6.07 Å². The van der Waals surface area contributed by atoms with E-state index in [0.29, 0.717) is 5.69 Å². The van der Waals surface area contributed by atoms with Crippen LogP contribution in [-0.4, -0.2) is 12.5 Å². The number of hydrogen-bond acceptors (Lipinski definition) is 2. The van der Waals surface area contributed by atoms with Crippen molar-refractivity contribution in [2.45, 2.75) is 32.4 Å². The summed E-state index contributed by atoms with van der Waals surface area (Å²) in [4.78, 5) is 12.1. The van der Waals surface area contributed by atoms with Crippen LogP contribution in [0.4, 0.5) is 18.9 Å². The van der Waals surface area contributed by atoms with Crippen LogP contribution in [0.1, 0.15) is 37.3 Å². The Morgan fingerprint density at radius 3 is 2.56 bits per heavy atom. The topological polar surface area (TPSA) is 38.3 Å². The quantitative estimate of drug-likeness (QED) is 0.773. The third kappa shape index (κ3) is 5.24. The molecule has 0 saturated heterocycles. The van der Waals surface area contributed by atoms with Gasteiger partial charge in [-0.1, -0.05) is 38.1 Å². The number of hydrogen-bond donors (Lipinski definition) is 1. The average Bonchev–Trinajstić information content (AvgIpc) is 2.59. The smallest absolute Gasteiger partial charge is 0.416 e. The molecule has 1 atom stereocenters. The van der Waals surface area contributed by atoms with Crippen molar-refractivity contribution < 1.29 is 22.7 Å². The number of halogens is 3. The van der Waals surface area contributed by atoms with Gasteiger partial charge in [0, 0.05) is 5.69 Å². The molecule has 134 valence electrons. The molecule has 1 N–H and O–H groups in total. The van der Waals surface area contributed by atoms with Crippen molar-refractivity contribution in [1.82, 2.24) is 0 Å². The molecule has 2 aromatic carbocycles. The van der Waals surface area contributed by atoms with E-state index in [9.17, 15) is 18.0 Å². The fourth-order valence-corrected chi connectivity index (χ4v) is 2.36. The van der Waals surface area contributed by atoms with Gasteiger partial charge in [-0.25, -0.2) is 0 Å². The molecule has 0 unspecified atom stereocenters. The summed E-state index contributed by atoms with van der Waals surface area (Å²) in [5, 5.41) is 2.75. The summed E-state index contributed by atoms with van der Waals surface area (Å²) in [6, 6.07) is 11.9. The van der Waals surface area contributed by atoms with Crippen molar-refractivity contribution in [1.29, 1.82) is 0 Å². The van der Waals surface area contributed by atoms with Crippen LogP contribution in [0.15, 0.2) is 48.5 Å². The minimum atomic E-state index is -4.45. The third-order valence-corrected chi connectivity index (χ3v) is 3.91. The van der Waals surface area contributed by atoms with E-state index in [1.165, 1.54) is 12.1 Å². The Labute approximate surface area is 144 Å². The highest BCUT2D eigenvalue weighted by Gasteiger charge is 2.30. The van der Waals surface area contributed by atoms with Crippen LogP contribution < -0.4 is 10.1 Å². The summed E-state index contributed by atoms with van der Waals surface area (Å²) in [6.45, 7) is 3.75. The van der Waals surface area contributed by atoms with E-state index in [2.05, 4.69) is 19.2 Å². The maximum Gasteiger partial charge on any atom is 0.416 e. The van der Waals surface area contributed by atoms with Gasteiger partial charge >= 0.3 is 6.18 Å². The van der Waals surface area contributed by atoms with Crippen LogP contribution >= 0.6 is 0 Å². The first kappa shape index (κ1) is 18.8. The molecular weight excluding hydrogens is 331 g/mol. The van der Waals surface area contributed by atoms with Crippen molar-refractivity contribution in [3.8, 4) is 5.75 Å². The Hall–Kier alpha value is -2.50. The monoisotopic (exact) mass is 351 g/mol. The highest BCUT2D eigenvalue weighted by atomic mass is 19.4. The number of nitrogens with one attached hydrogen (secondary N) is 1. The Morgan fingerprint density at radius 2 is 1.88 bits per heavy atom. The number of carbonyl (C=O) groups is 1. The van der Waals surface area contributed by atoms with Crippen molar-refractivity contribution >= 4 is 11.6 Å². The zero-order valence-corrected chi connectivity index (χ0v) is 14.1. The molecule has 1 amide bonds. The molecule has 2 aromatic rings. The lowest BCUT2D eigenvalue weighted by Crippen LogP contribution is -2.21. The Balaban J connectivity index is 2.00. The summed E-state index contributed by atoms with van der Waals surface area (Å²) in [5.74, 6) is -0.144. The number of anilines is 1. The molecule has 2 rings (SSSR count). The first-order valence-electron chi connectivity index (χ1n) is 8.00. The summed E-state index contributed by atoms with van der Waals surface area (Å²) in [6.07, 6.45) is -3.52. The van der Waals surface area contributed by atoms with Crippen LogP contribution in [0.2, 0.25) is 0 Å². The lowest BCUT2D eigenvalue weighted by molar-refractivity contribution is -0.137. The number of para-hydroxylation sites is 1. The fourth-order valence-electron chi connectivity index (χ4n) is 2.36. The van der Waals surface area contributed by atoms with Gasteiger partial charge in [0.15, 0.2) is 6.61 Å². The molecule has 0 heterocycles. The molecule has 0 aromatic heterocycles. The molecular formula is C19H20F3NO2. The van der Waals surface area contributed by atoms with Crippen molar-refractivity contribution in [2.75, 3.05) is 11.9 Å². The van der Waals surface area contributed by atoms with E-state index < -0.39 is 17.6 Å². The first-order valence-corrected chi connectivity index (χ1v) is 8.00. The van der Waals surface area contributed by atoms with Crippen molar-refractivity contribution in [3.05, 3.63) is 59.7 Å². The van der Waals surface area contributed by atoms with Gasteiger partial charge in [-0.2, -0.15) is 13.2 Å². The summed E-state index contributed by atoms with van der Waals surface area (Å²) < 4.78 is 43.2. The second kappa shape index (κ2) is 8.05. The molecule has 0 saturated carbocycles. The molecule has 0 bridgehead atoms. The minimum absolute atomic E-state index is 0.000173. The molecule has 6 heteroatoms. The lowest BCUT2D eigenvalue weighted by atomic mass is 9.97. The molecule has 0 aliphatic rings. The predicted octanol–water partition coefficient (Wildman–Crippen LogP) is 5.24. The molecule has 3 nitrogen and oxygen atoms in total. The Bertz CT molecular complexity index is 729. The molecule has 0 radical (unpaired) electrons. The number of carbonyl (C=O) groups excluding carboxylic acids is 1. The van der Waals surface area contributed by atoms with Crippen LogP contribution in [-0.2, 0) is 11.0 Å². The first-order chi connectivity index (χ1) is 11.8. The lowest BCUT2D eigenvalue weighted by Gasteiger charge is -2.16. The zero-order chi connectivity index (χ0) is 18.4. The van der Waals surface area contributed by atoms with E-state index in [1.807, 2.05) is 18.2 Å². The third-order valence-electron chi connectivity index (χ3n) is 3.91. The number of rotatable bonds is 6. The van der Waals surface area contributed by atoms with E-state index in [0.717, 1.165) is 24.1 Å². The molecule has 0 spiro atoms. The maximum absolute atomic E-state index is 12.7. The SMILES string of the molecule is CC[C@H](C)c1ccccc1NC(=O)COc1cccc(C(F)(F)F)c1. The predicted molar refractivity (Wildman–Crippen MR) is 90.7 cm³/mol. The Kier molecular flexibility index (Phi) is 6.07. The highest BCUT2D eigenvalue weighted by Crippen LogP contribution is 2.31. The average molecular weight is 351 g/mol. The van der Waals surface area contributed by atoms with Crippen LogP contribution in [0, 0.1) is 0 Å². The fraction of sp³-hybridized carbons (Fsp3) is 0.316. The number of alkyl halides is 3. The minimum Gasteiger partial charge on any atom is -0.484 e. The summed E-state index contributed by atoms with van der Waals surface area (Å²) >= 11 is 0. The molecule has 0 aliphatic heterocycles. The number of amides is 1. The van der Waals surface area contributed by atoms with Crippen LogP contribution in [0.25, 0.3) is 0 Å².